The van der Waals surface area contributed by atoms with Crippen molar-refractivity contribution in [2.45, 2.75) is 39.2 Å². The molecule has 3 N–H and O–H groups in total. The Kier molecular flexibility index (Phi) is 8.22. The van der Waals surface area contributed by atoms with Gasteiger partial charge in [-0.05, 0) is 43.9 Å². The van der Waals surface area contributed by atoms with Gasteiger partial charge in [-0.1, -0.05) is 32.0 Å². The minimum atomic E-state index is -0.369. The number of rotatable bonds is 9. The number of anilines is 1. The first kappa shape index (κ1) is 19.7. The van der Waals surface area contributed by atoms with Crippen LogP contribution >= 0.6 is 0 Å². The molecule has 1 heterocycles. The summed E-state index contributed by atoms with van der Waals surface area (Å²) in [4.78, 5) is 16.8. The minimum absolute atomic E-state index is 0.00910. The molecule has 0 aromatic heterocycles. The lowest BCUT2D eigenvalue weighted by Crippen LogP contribution is -2.46. The van der Waals surface area contributed by atoms with Crippen LogP contribution < -0.4 is 16.0 Å². The van der Waals surface area contributed by atoms with Crippen molar-refractivity contribution in [3.63, 3.8) is 0 Å². The highest BCUT2D eigenvalue weighted by molar-refractivity contribution is 5.81. The largest absolute Gasteiger partial charge is 0.369 e. The lowest BCUT2D eigenvalue weighted by Gasteiger charge is -2.36. The van der Waals surface area contributed by atoms with E-state index < -0.39 is 0 Å². The summed E-state index contributed by atoms with van der Waals surface area (Å²) in [6, 6.07) is 10.3. The number of nitrogens with zero attached hydrogens (tertiary/aromatic N) is 2. The van der Waals surface area contributed by atoms with Crippen LogP contribution in [-0.4, -0.2) is 56.1 Å². The van der Waals surface area contributed by atoms with Gasteiger partial charge in [0.25, 0.3) is 0 Å². The van der Waals surface area contributed by atoms with Crippen molar-refractivity contribution in [3.05, 3.63) is 30.3 Å². The van der Waals surface area contributed by atoms with Gasteiger partial charge in [0.05, 0.1) is 6.04 Å². The Morgan fingerprint density at radius 2 is 1.80 bits per heavy atom. The number of hydrogen-bond donors (Lipinski definition) is 2. The standard InChI is InChI=1S/C20H34N4O/c1-17(2)16-19(21)20(25)22-10-6-7-11-23-12-14-24(15-13-23)18-8-4-3-5-9-18/h3-5,8-9,17,19H,6-7,10-16,21H2,1-2H3,(H,22,25)/t19-/m0/s1. The number of benzene rings is 1. The summed E-state index contributed by atoms with van der Waals surface area (Å²) in [6.07, 6.45) is 2.88. The summed E-state index contributed by atoms with van der Waals surface area (Å²) >= 11 is 0. The average molecular weight is 347 g/mol. The molecule has 1 aliphatic rings. The number of carbonyl (C=O) groups is 1. The molecule has 5 heteroatoms. The zero-order chi connectivity index (χ0) is 18.1. The maximum atomic E-state index is 11.9. The van der Waals surface area contributed by atoms with Gasteiger partial charge in [0, 0.05) is 38.4 Å². The van der Waals surface area contributed by atoms with Crippen molar-refractivity contribution >= 4 is 11.6 Å². The summed E-state index contributed by atoms with van der Waals surface area (Å²) in [5.74, 6) is 0.445. The summed E-state index contributed by atoms with van der Waals surface area (Å²) in [6.45, 7) is 10.4. The number of piperazine rings is 1. The van der Waals surface area contributed by atoms with Crippen LogP contribution in [0.3, 0.4) is 0 Å². The molecule has 5 nitrogen and oxygen atoms in total. The zero-order valence-electron chi connectivity index (χ0n) is 15.8. The third kappa shape index (κ3) is 7.04. The number of carbonyl (C=O) groups excluding carboxylic acids is 1. The predicted molar refractivity (Wildman–Crippen MR) is 105 cm³/mol. The average Bonchev–Trinajstić information content (AvgIpc) is 2.62. The van der Waals surface area contributed by atoms with Gasteiger partial charge in [0.15, 0.2) is 0 Å². The zero-order valence-corrected chi connectivity index (χ0v) is 15.8. The molecule has 0 radical (unpaired) electrons. The SMILES string of the molecule is CC(C)C[C@H](N)C(=O)NCCCCN1CCN(c2ccccc2)CC1. The van der Waals surface area contributed by atoms with Gasteiger partial charge in [0.2, 0.25) is 5.91 Å². The van der Waals surface area contributed by atoms with Crippen molar-refractivity contribution < 1.29 is 4.79 Å². The first-order valence-electron chi connectivity index (χ1n) is 9.62. The van der Waals surface area contributed by atoms with Crippen LogP contribution in [0.5, 0.6) is 0 Å². The maximum Gasteiger partial charge on any atom is 0.236 e. The van der Waals surface area contributed by atoms with Crippen LogP contribution in [0.25, 0.3) is 0 Å². The van der Waals surface area contributed by atoms with Gasteiger partial charge in [-0.3, -0.25) is 9.69 Å². The maximum absolute atomic E-state index is 11.9. The topological polar surface area (TPSA) is 61.6 Å². The molecule has 1 saturated heterocycles. The summed E-state index contributed by atoms with van der Waals surface area (Å²) < 4.78 is 0. The number of hydrogen-bond acceptors (Lipinski definition) is 4. The van der Waals surface area contributed by atoms with Crippen LogP contribution in [0.1, 0.15) is 33.1 Å². The summed E-state index contributed by atoms with van der Waals surface area (Å²) in [5, 5.41) is 2.96. The number of nitrogens with one attached hydrogen (secondary N) is 1. The molecule has 1 fully saturated rings. The molecule has 1 atom stereocenters. The Labute approximate surface area is 152 Å². The highest BCUT2D eigenvalue weighted by Crippen LogP contribution is 2.15. The molecule has 1 aromatic carbocycles. The van der Waals surface area contributed by atoms with E-state index in [9.17, 15) is 4.79 Å². The predicted octanol–water partition coefficient (Wildman–Crippen LogP) is 2.08. The Balaban J connectivity index is 1.54. The minimum Gasteiger partial charge on any atom is -0.369 e. The number of nitrogens with two attached hydrogens (primary N) is 1. The fraction of sp³-hybridized carbons (Fsp3) is 0.650. The van der Waals surface area contributed by atoms with Crippen LogP contribution in [0.4, 0.5) is 5.69 Å². The van der Waals surface area contributed by atoms with E-state index in [0.29, 0.717) is 5.92 Å². The highest BCUT2D eigenvalue weighted by Gasteiger charge is 2.17. The van der Waals surface area contributed by atoms with Gasteiger partial charge in [-0.25, -0.2) is 0 Å². The first-order valence-corrected chi connectivity index (χ1v) is 9.62. The summed E-state index contributed by atoms with van der Waals surface area (Å²) in [7, 11) is 0. The normalized spacial score (nSPS) is 16.9. The Morgan fingerprint density at radius 1 is 1.12 bits per heavy atom. The second-order valence-corrected chi connectivity index (χ2v) is 7.40. The molecular formula is C20H34N4O. The molecular weight excluding hydrogens is 312 g/mol. The number of para-hydroxylation sites is 1. The van der Waals surface area contributed by atoms with Crippen molar-refractivity contribution in [3.8, 4) is 0 Å². The van der Waals surface area contributed by atoms with E-state index in [1.165, 1.54) is 5.69 Å². The Hall–Kier alpha value is -1.59. The molecule has 0 bridgehead atoms. The molecule has 25 heavy (non-hydrogen) atoms. The fourth-order valence-electron chi connectivity index (χ4n) is 3.29. The monoisotopic (exact) mass is 346 g/mol. The van der Waals surface area contributed by atoms with Crippen LogP contribution in [0, 0.1) is 5.92 Å². The van der Waals surface area contributed by atoms with Crippen LogP contribution in [0.2, 0.25) is 0 Å². The molecule has 1 aliphatic heterocycles. The molecule has 0 aliphatic carbocycles. The van der Waals surface area contributed by atoms with E-state index in [1.807, 2.05) is 0 Å². The van der Waals surface area contributed by atoms with Crippen LogP contribution in [0.15, 0.2) is 30.3 Å². The van der Waals surface area contributed by atoms with Crippen molar-refractivity contribution in [2.24, 2.45) is 11.7 Å². The Bertz CT molecular complexity index is 498. The third-order valence-electron chi connectivity index (χ3n) is 4.76. The van der Waals surface area contributed by atoms with E-state index >= 15 is 0 Å². The van der Waals surface area contributed by atoms with Gasteiger partial charge >= 0.3 is 0 Å². The van der Waals surface area contributed by atoms with E-state index in [-0.39, 0.29) is 11.9 Å². The third-order valence-corrected chi connectivity index (χ3v) is 4.76. The highest BCUT2D eigenvalue weighted by atomic mass is 16.2. The molecule has 140 valence electrons. The molecule has 2 rings (SSSR count). The molecule has 0 unspecified atom stereocenters. The number of unbranched alkanes of at least 4 members (excludes halogenated alkanes) is 1. The molecule has 0 spiro atoms. The smallest absolute Gasteiger partial charge is 0.236 e. The number of amides is 1. The fourth-order valence-corrected chi connectivity index (χ4v) is 3.29. The van der Waals surface area contributed by atoms with Gasteiger partial charge in [-0.15, -0.1) is 0 Å². The second-order valence-electron chi connectivity index (χ2n) is 7.40. The van der Waals surface area contributed by atoms with Crippen molar-refractivity contribution in [1.82, 2.24) is 10.2 Å². The van der Waals surface area contributed by atoms with Crippen LogP contribution in [-0.2, 0) is 4.79 Å². The Morgan fingerprint density at radius 3 is 2.44 bits per heavy atom. The van der Waals surface area contributed by atoms with E-state index in [2.05, 4.69) is 59.3 Å². The van der Waals surface area contributed by atoms with Crippen molar-refractivity contribution in [2.75, 3.05) is 44.2 Å². The molecule has 1 amide bonds. The molecule has 0 saturated carbocycles. The van der Waals surface area contributed by atoms with E-state index in [1.54, 1.807) is 0 Å². The quantitative estimate of drug-likeness (QED) is 0.672. The van der Waals surface area contributed by atoms with Gasteiger partial charge < -0.3 is 16.0 Å². The van der Waals surface area contributed by atoms with Crippen molar-refractivity contribution in [1.29, 1.82) is 0 Å². The van der Waals surface area contributed by atoms with Gasteiger partial charge in [0.1, 0.15) is 0 Å². The lowest BCUT2D eigenvalue weighted by atomic mass is 10.0. The second kappa shape index (κ2) is 10.4. The van der Waals surface area contributed by atoms with E-state index in [4.69, 9.17) is 5.73 Å². The lowest BCUT2D eigenvalue weighted by molar-refractivity contribution is -0.122. The van der Waals surface area contributed by atoms with E-state index in [0.717, 1.165) is 58.5 Å². The molecule has 1 aromatic rings. The first-order chi connectivity index (χ1) is 12.1. The van der Waals surface area contributed by atoms with Gasteiger partial charge in [-0.2, -0.15) is 0 Å². The summed E-state index contributed by atoms with van der Waals surface area (Å²) in [5.41, 5.74) is 7.21.